The van der Waals surface area contributed by atoms with Crippen LogP contribution in [0.15, 0.2) is 6.07 Å². The van der Waals surface area contributed by atoms with Crippen molar-refractivity contribution in [2.24, 2.45) is 0 Å². The minimum absolute atomic E-state index is 0.220. The first-order chi connectivity index (χ1) is 7.58. The number of hydrogen-bond donors (Lipinski definition) is 0. The molecule has 0 aromatic carbocycles. The van der Waals surface area contributed by atoms with Crippen LogP contribution in [0, 0.1) is 13.8 Å². The summed E-state index contributed by atoms with van der Waals surface area (Å²) in [5, 5.41) is 0. The summed E-state index contributed by atoms with van der Waals surface area (Å²) in [6, 6.07) is 2.01. The zero-order chi connectivity index (χ0) is 12.1. The fourth-order valence-electron chi connectivity index (χ4n) is 1.79. The predicted octanol–water partition coefficient (Wildman–Crippen LogP) is 1.11. The summed E-state index contributed by atoms with van der Waals surface area (Å²) in [7, 11) is 0. The second kappa shape index (κ2) is 5.58. The maximum absolute atomic E-state index is 11.4. The monoisotopic (exact) mass is 223 g/mol. The Bertz CT molecular complexity index is 389. The van der Waals surface area contributed by atoms with Crippen LogP contribution in [0.5, 0.6) is 0 Å². The van der Waals surface area contributed by atoms with Gasteiger partial charge in [-0.3, -0.25) is 4.79 Å². The molecule has 0 bridgehead atoms. The van der Waals surface area contributed by atoms with Gasteiger partial charge in [-0.25, -0.2) is 4.57 Å². The van der Waals surface area contributed by atoms with Gasteiger partial charge in [0.25, 0.3) is 0 Å². The Morgan fingerprint density at radius 2 is 2.12 bits per heavy atom. The van der Waals surface area contributed by atoms with E-state index >= 15 is 0 Å². The lowest BCUT2D eigenvalue weighted by molar-refractivity contribution is -0.709. The van der Waals surface area contributed by atoms with E-state index in [9.17, 15) is 4.79 Å². The molecule has 0 aliphatic heterocycles. The smallest absolute Gasteiger partial charge is 0.318 e. The van der Waals surface area contributed by atoms with Crippen molar-refractivity contribution in [2.75, 3.05) is 6.61 Å². The molecule has 4 nitrogen and oxygen atoms in total. The highest BCUT2D eigenvalue weighted by atomic mass is 16.5. The highest BCUT2D eigenvalue weighted by molar-refractivity contribution is 5.71. The average Bonchev–Trinajstić information content (AvgIpc) is 2.17. The zero-order valence-corrected chi connectivity index (χ0v) is 10.4. The SMILES string of the molecule is CCOC(=O)Cc1nc(C)cc(C)[n+]1CC. The minimum Gasteiger partial charge on any atom is -0.466 e. The van der Waals surface area contributed by atoms with Crippen molar-refractivity contribution < 1.29 is 14.1 Å². The summed E-state index contributed by atoms with van der Waals surface area (Å²) in [6.07, 6.45) is 0.240. The van der Waals surface area contributed by atoms with Crippen molar-refractivity contribution in [3.8, 4) is 0 Å². The number of nitrogens with zero attached hydrogens (tertiary/aromatic N) is 2. The number of aromatic nitrogens is 2. The Labute approximate surface area is 96.3 Å². The molecule has 0 amide bonds. The summed E-state index contributed by atoms with van der Waals surface area (Å²) in [5.41, 5.74) is 2.05. The van der Waals surface area contributed by atoms with E-state index in [0.29, 0.717) is 6.61 Å². The van der Waals surface area contributed by atoms with Gasteiger partial charge in [0.1, 0.15) is 5.69 Å². The van der Waals surface area contributed by atoms with Crippen molar-refractivity contribution in [1.82, 2.24) is 4.98 Å². The molecule has 0 radical (unpaired) electrons. The van der Waals surface area contributed by atoms with Crippen molar-refractivity contribution in [1.29, 1.82) is 0 Å². The van der Waals surface area contributed by atoms with E-state index in [2.05, 4.69) is 4.98 Å². The van der Waals surface area contributed by atoms with Crippen LogP contribution >= 0.6 is 0 Å². The third kappa shape index (κ3) is 3.02. The van der Waals surface area contributed by atoms with Crippen molar-refractivity contribution >= 4 is 5.97 Å². The summed E-state index contributed by atoms with van der Waals surface area (Å²) in [4.78, 5) is 15.8. The van der Waals surface area contributed by atoms with E-state index in [1.807, 2.05) is 31.4 Å². The summed E-state index contributed by atoms with van der Waals surface area (Å²) in [6.45, 7) is 9.03. The molecule has 0 aliphatic rings. The van der Waals surface area contributed by atoms with E-state index in [1.54, 1.807) is 6.92 Å². The molecule has 0 atom stereocenters. The fraction of sp³-hybridized carbons (Fsp3) is 0.583. The lowest BCUT2D eigenvalue weighted by atomic mass is 10.3. The van der Waals surface area contributed by atoms with Gasteiger partial charge in [0.2, 0.25) is 0 Å². The average molecular weight is 223 g/mol. The van der Waals surface area contributed by atoms with Crippen molar-refractivity contribution in [3.05, 3.63) is 23.3 Å². The van der Waals surface area contributed by atoms with Crippen molar-refractivity contribution in [2.45, 2.75) is 40.7 Å². The van der Waals surface area contributed by atoms with Crippen LogP contribution in [-0.2, 0) is 22.5 Å². The second-order valence-electron chi connectivity index (χ2n) is 3.68. The molecule has 4 heteroatoms. The maximum atomic E-state index is 11.4. The molecule has 0 fully saturated rings. The number of carbonyl (C=O) groups is 1. The third-order valence-corrected chi connectivity index (χ3v) is 2.38. The van der Waals surface area contributed by atoms with Crippen LogP contribution < -0.4 is 4.57 Å². The van der Waals surface area contributed by atoms with Crippen molar-refractivity contribution in [3.63, 3.8) is 0 Å². The summed E-state index contributed by atoms with van der Waals surface area (Å²) >= 11 is 0. The quantitative estimate of drug-likeness (QED) is 0.567. The molecule has 16 heavy (non-hydrogen) atoms. The molecule has 1 aromatic rings. The van der Waals surface area contributed by atoms with Gasteiger partial charge in [-0.2, -0.15) is 0 Å². The van der Waals surface area contributed by atoms with Gasteiger partial charge in [0, 0.05) is 13.0 Å². The Morgan fingerprint density at radius 3 is 2.69 bits per heavy atom. The van der Waals surface area contributed by atoms with Gasteiger partial charge in [-0.15, -0.1) is 0 Å². The van der Waals surface area contributed by atoms with E-state index in [1.165, 1.54) is 0 Å². The number of hydrogen-bond acceptors (Lipinski definition) is 3. The third-order valence-electron chi connectivity index (χ3n) is 2.38. The number of ether oxygens (including phenoxy) is 1. The van der Waals surface area contributed by atoms with E-state index in [-0.39, 0.29) is 12.4 Å². The molecular formula is C12H19N2O2+. The van der Waals surface area contributed by atoms with Crippen LogP contribution in [0.1, 0.15) is 31.1 Å². The van der Waals surface area contributed by atoms with Crippen LogP contribution in [0.4, 0.5) is 0 Å². The predicted molar refractivity (Wildman–Crippen MR) is 59.9 cm³/mol. The van der Waals surface area contributed by atoms with Gasteiger partial charge in [-0.05, 0) is 20.8 Å². The van der Waals surface area contributed by atoms with E-state index in [4.69, 9.17) is 4.74 Å². The first-order valence-corrected chi connectivity index (χ1v) is 5.61. The first kappa shape index (κ1) is 12.6. The maximum Gasteiger partial charge on any atom is 0.318 e. The molecule has 0 saturated heterocycles. The number of esters is 1. The van der Waals surface area contributed by atoms with Crippen LogP contribution in [-0.4, -0.2) is 17.6 Å². The lowest BCUT2D eigenvalue weighted by Gasteiger charge is -2.05. The topological polar surface area (TPSA) is 43.1 Å². The Kier molecular flexibility index (Phi) is 4.40. The normalized spacial score (nSPS) is 10.2. The summed E-state index contributed by atoms with van der Waals surface area (Å²) in [5.74, 6) is 0.556. The molecule has 0 spiro atoms. The molecule has 88 valence electrons. The standard InChI is InChI=1S/C12H19N2O2/c1-5-14-10(4)7-9(3)13-11(14)8-12(15)16-6-2/h7H,5-6,8H2,1-4H3/q+1. The van der Waals surface area contributed by atoms with Gasteiger partial charge >= 0.3 is 11.8 Å². The molecule has 1 heterocycles. The molecular weight excluding hydrogens is 204 g/mol. The molecule has 0 saturated carbocycles. The lowest BCUT2D eigenvalue weighted by Crippen LogP contribution is -2.43. The summed E-state index contributed by atoms with van der Waals surface area (Å²) < 4.78 is 6.96. The fourth-order valence-corrected chi connectivity index (χ4v) is 1.79. The largest absolute Gasteiger partial charge is 0.466 e. The Morgan fingerprint density at radius 1 is 1.44 bits per heavy atom. The van der Waals surface area contributed by atoms with Gasteiger partial charge in [0.15, 0.2) is 12.1 Å². The Balaban J connectivity index is 2.97. The highest BCUT2D eigenvalue weighted by Gasteiger charge is 2.19. The van der Waals surface area contributed by atoms with Crippen LogP contribution in [0.2, 0.25) is 0 Å². The number of aryl methyl sites for hydroxylation is 2. The van der Waals surface area contributed by atoms with Crippen LogP contribution in [0.3, 0.4) is 0 Å². The molecule has 1 aromatic heterocycles. The van der Waals surface area contributed by atoms with Gasteiger partial charge in [0.05, 0.1) is 13.2 Å². The van der Waals surface area contributed by atoms with Gasteiger partial charge < -0.3 is 4.74 Å². The van der Waals surface area contributed by atoms with E-state index < -0.39 is 0 Å². The van der Waals surface area contributed by atoms with Gasteiger partial charge in [-0.1, -0.05) is 4.98 Å². The Hall–Kier alpha value is -1.45. The van der Waals surface area contributed by atoms with Crippen LogP contribution in [0.25, 0.3) is 0 Å². The van der Waals surface area contributed by atoms with E-state index in [0.717, 1.165) is 23.8 Å². The minimum atomic E-state index is -0.220. The molecule has 0 aliphatic carbocycles. The zero-order valence-electron chi connectivity index (χ0n) is 10.4. The highest BCUT2D eigenvalue weighted by Crippen LogP contribution is 1.99. The first-order valence-electron chi connectivity index (χ1n) is 5.61. The number of rotatable bonds is 4. The number of carbonyl (C=O) groups excluding carboxylic acids is 1. The molecule has 0 N–H and O–H groups in total. The molecule has 1 rings (SSSR count). The molecule has 0 unspecified atom stereocenters. The second-order valence-corrected chi connectivity index (χ2v) is 3.68.